The van der Waals surface area contributed by atoms with Crippen LogP contribution in [-0.4, -0.2) is 28.2 Å². The normalized spacial score (nSPS) is 19.1. The fraction of sp³-hybridized carbons (Fsp3) is 0.692. The monoisotopic (exact) mass is 318 g/mol. The van der Waals surface area contributed by atoms with Gasteiger partial charge in [0, 0.05) is 36.1 Å². The van der Waals surface area contributed by atoms with Gasteiger partial charge >= 0.3 is 0 Å². The molecule has 1 aliphatic heterocycles. The third-order valence-corrected chi connectivity index (χ3v) is 6.53. The standard InChI is InChI=1S/C13H22N2O3S2/c1-10-12(7-11(8-14)19-10)20(16,17)15-9-13(2)3-5-18-6-4-13/h7,15H,3-6,8-9,14H2,1-2H3. The van der Waals surface area contributed by atoms with E-state index in [2.05, 4.69) is 11.6 Å². The first-order valence-corrected chi connectivity index (χ1v) is 9.03. The average Bonchev–Trinajstić information content (AvgIpc) is 2.80. The number of nitrogens with one attached hydrogen (secondary N) is 1. The molecule has 1 aromatic heterocycles. The van der Waals surface area contributed by atoms with Gasteiger partial charge in [-0.1, -0.05) is 6.92 Å². The Morgan fingerprint density at radius 3 is 2.65 bits per heavy atom. The molecule has 1 saturated heterocycles. The summed E-state index contributed by atoms with van der Waals surface area (Å²) >= 11 is 1.44. The summed E-state index contributed by atoms with van der Waals surface area (Å²) in [6.45, 7) is 6.14. The molecule has 2 heterocycles. The van der Waals surface area contributed by atoms with Crippen LogP contribution in [0, 0.1) is 12.3 Å². The van der Waals surface area contributed by atoms with Crippen molar-refractivity contribution in [2.45, 2.75) is 38.1 Å². The highest BCUT2D eigenvalue weighted by Gasteiger charge is 2.30. The number of rotatable bonds is 5. The van der Waals surface area contributed by atoms with E-state index in [-0.39, 0.29) is 5.41 Å². The van der Waals surface area contributed by atoms with Crippen molar-refractivity contribution in [1.82, 2.24) is 4.72 Å². The molecule has 0 aromatic carbocycles. The lowest BCUT2D eigenvalue weighted by Gasteiger charge is -2.33. The fourth-order valence-corrected chi connectivity index (χ4v) is 4.99. The second kappa shape index (κ2) is 6.11. The van der Waals surface area contributed by atoms with Gasteiger partial charge in [0.2, 0.25) is 10.0 Å². The number of hydrogen-bond donors (Lipinski definition) is 2. The lowest BCUT2D eigenvalue weighted by Crippen LogP contribution is -2.39. The van der Waals surface area contributed by atoms with Crippen LogP contribution in [0.3, 0.4) is 0 Å². The van der Waals surface area contributed by atoms with Gasteiger partial charge in [-0.2, -0.15) is 0 Å². The molecule has 0 spiro atoms. The first-order valence-electron chi connectivity index (χ1n) is 6.73. The molecule has 0 amide bonds. The molecule has 0 unspecified atom stereocenters. The van der Waals surface area contributed by atoms with Crippen molar-refractivity contribution in [2.75, 3.05) is 19.8 Å². The number of nitrogens with two attached hydrogens (primary N) is 1. The van der Waals surface area contributed by atoms with Crippen LogP contribution in [0.15, 0.2) is 11.0 Å². The van der Waals surface area contributed by atoms with Gasteiger partial charge in [0.15, 0.2) is 0 Å². The number of ether oxygens (including phenoxy) is 1. The van der Waals surface area contributed by atoms with Crippen molar-refractivity contribution in [3.63, 3.8) is 0 Å². The fourth-order valence-electron chi connectivity index (χ4n) is 2.28. The molecule has 0 bridgehead atoms. The Labute approximate surface area is 124 Å². The first kappa shape index (κ1) is 15.9. The molecule has 0 atom stereocenters. The zero-order valence-electron chi connectivity index (χ0n) is 11.9. The molecule has 0 aliphatic carbocycles. The third kappa shape index (κ3) is 3.59. The molecule has 5 nitrogen and oxygen atoms in total. The molecule has 0 saturated carbocycles. The van der Waals surface area contributed by atoms with E-state index in [9.17, 15) is 8.42 Å². The largest absolute Gasteiger partial charge is 0.381 e. The van der Waals surface area contributed by atoms with Gasteiger partial charge in [0.1, 0.15) is 0 Å². The predicted molar refractivity (Wildman–Crippen MR) is 80.3 cm³/mol. The molecular formula is C13H22N2O3S2. The van der Waals surface area contributed by atoms with Crippen molar-refractivity contribution in [3.05, 3.63) is 15.8 Å². The van der Waals surface area contributed by atoms with Crippen molar-refractivity contribution in [1.29, 1.82) is 0 Å². The summed E-state index contributed by atoms with van der Waals surface area (Å²) in [6, 6.07) is 1.68. The number of sulfonamides is 1. The number of thiophene rings is 1. The Kier molecular flexibility index (Phi) is 4.86. The Morgan fingerprint density at radius 2 is 2.10 bits per heavy atom. The molecule has 0 radical (unpaired) electrons. The highest BCUT2D eigenvalue weighted by atomic mass is 32.2. The summed E-state index contributed by atoms with van der Waals surface area (Å²) in [7, 11) is -3.45. The molecule has 1 aromatic rings. The van der Waals surface area contributed by atoms with E-state index in [0.717, 1.165) is 22.6 Å². The summed E-state index contributed by atoms with van der Waals surface area (Å²) < 4.78 is 32.9. The minimum Gasteiger partial charge on any atom is -0.381 e. The quantitative estimate of drug-likeness (QED) is 0.864. The van der Waals surface area contributed by atoms with Crippen LogP contribution < -0.4 is 10.5 Å². The smallest absolute Gasteiger partial charge is 0.241 e. The van der Waals surface area contributed by atoms with Crippen LogP contribution in [0.5, 0.6) is 0 Å². The minimum atomic E-state index is -3.45. The van der Waals surface area contributed by atoms with Crippen LogP contribution in [0.1, 0.15) is 29.5 Å². The molecule has 1 aliphatic rings. The van der Waals surface area contributed by atoms with Gasteiger partial charge in [0.25, 0.3) is 0 Å². The van der Waals surface area contributed by atoms with E-state index in [4.69, 9.17) is 10.5 Å². The van der Waals surface area contributed by atoms with Crippen LogP contribution in [0.2, 0.25) is 0 Å². The Balaban J connectivity index is 2.08. The Morgan fingerprint density at radius 1 is 1.45 bits per heavy atom. The molecule has 1 fully saturated rings. The van der Waals surface area contributed by atoms with Crippen molar-refractivity contribution >= 4 is 21.4 Å². The summed E-state index contributed by atoms with van der Waals surface area (Å²) in [4.78, 5) is 2.04. The lowest BCUT2D eigenvalue weighted by molar-refractivity contribution is 0.0264. The van der Waals surface area contributed by atoms with Gasteiger partial charge in [-0.3, -0.25) is 0 Å². The van der Waals surface area contributed by atoms with E-state index < -0.39 is 10.0 Å². The summed E-state index contributed by atoms with van der Waals surface area (Å²) in [5, 5.41) is 0. The molecular weight excluding hydrogens is 296 g/mol. The van der Waals surface area contributed by atoms with E-state index in [1.807, 2.05) is 6.92 Å². The van der Waals surface area contributed by atoms with Crippen LogP contribution in [-0.2, 0) is 21.3 Å². The van der Waals surface area contributed by atoms with E-state index in [1.54, 1.807) is 6.07 Å². The van der Waals surface area contributed by atoms with Crippen LogP contribution in [0.4, 0.5) is 0 Å². The van der Waals surface area contributed by atoms with Crippen LogP contribution in [0.25, 0.3) is 0 Å². The van der Waals surface area contributed by atoms with Crippen molar-refractivity contribution < 1.29 is 13.2 Å². The van der Waals surface area contributed by atoms with E-state index in [1.165, 1.54) is 11.3 Å². The third-order valence-electron chi connectivity index (χ3n) is 3.80. The second-order valence-corrected chi connectivity index (χ2v) is 8.66. The topological polar surface area (TPSA) is 81.4 Å². The van der Waals surface area contributed by atoms with Gasteiger partial charge in [-0.15, -0.1) is 11.3 Å². The highest BCUT2D eigenvalue weighted by Crippen LogP contribution is 2.30. The van der Waals surface area contributed by atoms with E-state index in [0.29, 0.717) is 31.2 Å². The second-order valence-electron chi connectivity index (χ2n) is 5.58. The Bertz CT molecular complexity index is 560. The number of aryl methyl sites for hydroxylation is 1. The molecule has 3 N–H and O–H groups in total. The lowest BCUT2D eigenvalue weighted by atomic mass is 9.83. The molecule has 2 rings (SSSR count). The number of hydrogen-bond acceptors (Lipinski definition) is 5. The Hall–Kier alpha value is -0.470. The molecule has 7 heteroatoms. The van der Waals surface area contributed by atoms with Crippen molar-refractivity contribution in [2.24, 2.45) is 11.1 Å². The van der Waals surface area contributed by atoms with Gasteiger partial charge in [0.05, 0.1) is 4.90 Å². The minimum absolute atomic E-state index is 0.0219. The zero-order valence-corrected chi connectivity index (χ0v) is 13.6. The molecule has 114 valence electrons. The zero-order chi connectivity index (χ0) is 14.8. The van der Waals surface area contributed by atoms with E-state index >= 15 is 0 Å². The summed E-state index contributed by atoms with van der Waals surface area (Å²) in [6.07, 6.45) is 1.76. The maximum absolute atomic E-state index is 12.4. The maximum atomic E-state index is 12.4. The summed E-state index contributed by atoms with van der Waals surface area (Å²) in [5.74, 6) is 0. The van der Waals surface area contributed by atoms with Crippen LogP contribution >= 0.6 is 11.3 Å². The highest BCUT2D eigenvalue weighted by molar-refractivity contribution is 7.89. The maximum Gasteiger partial charge on any atom is 0.241 e. The average molecular weight is 318 g/mol. The predicted octanol–water partition coefficient (Wildman–Crippen LogP) is 1.61. The van der Waals surface area contributed by atoms with Gasteiger partial charge < -0.3 is 10.5 Å². The SMILES string of the molecule is Cc1sc(CN)cc1S(=O)(=O)NCC1(C)CCOCC1. The van der Waals surface area contributed by atoms with Crippen molar-refractivity contribution in [3.8, 4) is 0 Å². The van der Waals surface area contributed by atoms with Gasteiger partial charge in [-0.25, -0.2) is 13.1 Å². The summed E-state index contributed by atoms with van der Waals surface area (Å²) in [5.41, 5.74) is 5.55. The van der Waals surface area contributed by atoms with Gasteiger partial charge in [-0.05, 0) is 31.2 Å². The molecule has 20 heavy (non-hydrogen) atoms. The first-order chi connectivity index (χ1) is 9.36.